The van der Waals surface area contributed by atoms with Crippen molar-refractivity contribution in [2.75, 3.05) is 44.1 Å². The molecule has 1 aromatic rings. The number of hydrogen-bond donors (Lipinski definition) is 2. The van der Waals surface area contributed by atoms with Crippen LogP contribution >= 0.6 is 23.2 Å². The maximum absolute atomic E-state index is 6.21. The van der Waals surface area contributed by atoms with Crippen LogP contribution in [0.3, 0.4) is 0 Å². The summed E-state index contributed by atoms with van der Waals surface area (Å²) in [4.78, 5) is 8.64. The summed E-state index contributed by atoms with van der Waals surface area (Å²) >= 11 is 12.2. The lowest BCUT2D eigenvalue weighted by Gasteiger charge is -2.24. The van der Waals surface area contributed by atoms with Gasteiger partial charge in [0.05, 0.1) is 10.0 Å². The zero-order valence-electron chi connectivity index (χ0n) is 11.6. The molecule has 0 radical (unpaired) electrons. The van der Waals surface area contributed by atoms with Crippen LogP contribution in [0.2, 0.25) is 10.0 Å². The van der Waals surface area contributed by atoms with Crippen molar-refractivity contribution >= 4 is 34.8 Å². The van der Waals surface area contributed by atoms with Crippen molar-refractivity contribution in [1.29, 1.82) is 0 Å². The summed E-state index contributed by atoms with van der Waals surface area (Å²) in [7, 11) is 4.11. The SMILES string of the molecule is CCN(CCCN(C)C)c1nc(NN)c(Cl)cc1Cl. The lowest BCUT2D eigenvalue weighted by molar-refractivity contribution is 0.400. The molecule has 7 heteroatoms. The molecule has 0 amide bonds. The van der Waals surface area contributed by atoms with Crippen LogP contribution in [0, 0.1) is 0 Å². The number of halogens is 2. The van der Waals surface area contributed by atoms with Crippen LogP contribution < -0.4 is 16.2 Å². The number of anilines is 2. The minimum Gasteiger partial charge on any atom is -0.356 e. The average molecular weight is 306 g/mol. The summed E-state index contributed by atoms with van der Waals surface area (Å²) < 4.78 is 0. The van der Waals surface area contributed by atoms with Crippen LogP contribution in [-0.2, 0) is 0 Å². The predicted octanol–water partition coefficient (Wildman–Crippen LogP) is 2.45. The van der Waals surface area contributed by atoms with Crippen LogP contribution in [0.15, 0.2) is 6.07 Å². The van der Waals surface area contributed by atoms with Crippen LogP contribution in [0.5, 0.6) is 0 Å². The summed E-state index contributed by atoms with van der Waals surface area (Å²) in [6, 6.07) is 1.66. The van der Waals surface area contributed by atoms with Crippen LogP contribution in [0.4, 0.5) is 11.6 Å². The van der Waals surface area contributed by atoms with E-state index in [4.69, 9.17) is 29.0 Å². The highest BCUT2D eigenvalue weighted by molar-refractivity contribution is 6.37. The molecular formula is C12H21Cl2N5. The van der Waals surface area contributed by atoms with Gasteiger partial charge in [0.1, 0.15) is 5.82 Å². The second-order valence-corrected chi connectivity index (χ2v) is 5.32. The molecule has 0 fully saturated rings. The van der Waals surface area contributed by atoms with Gasteiger partial charge in [-0.2, -0.15) is 0 Å². The van der Waals surface area contributed by atoms with E-state index in [-0.39, 0.29) is 0 Å². The molecule has 0 aliphatic heterocycles. The third kappa shape index (κ3) is 4.69. The maximum atomic E-state index is 6.21. The standard InChI is InChI=1S/C12H21Cl2N5/c1-4-19(7-5-6-18(2)3)12-10(14)8-9(13)11(16-12)17-15/h8H,4-7,15H2,1-3H3,(H,16,17). The van der Waals surface area contributed by atoms with Crippen molar-refractivity contribution in [3.8, 4) is 0 Å². The molecule has 0 bridgehead atoms. The van der Waals surface area contributed by atoms with Gasteiger partial charge in [-0.05, 0) is 40.1 Å². The largest absolute Gasteiger partial charge is 0.356 e. The van der Waals surface area contributed by atoms with Gasteiger partial charge in [-0.25, -0.2) is 10.8 Å². The molecule has 108 valence electrons. The molecule has 1 aromatic heterocycles. The number of pyridine rings is 1. The Labute approximate surface area is 124 Å². The van der Waals surface area contributed by atoms with Gasteiger partial charge in [0.2, 0.25) is 0 Å². The normalized spacial score (nSPS) is 10.9. The number of nitrogens with zero attached hydrogens (tertiary/aromatic N) is 3. The van der Waals surface area contributed by atoms with Crippen LogP contribution in [0.1, 0.15) is 13.3 Å². The van der Waals surface area contributed by atoms with E-state index in [0.29, 0.717) is 21.7 Å². The van der Waals surface area contributed by atoms with Gasteiger partial charge in [0, 0.05) is 13.1 Å². The van der Waals surface area contributed by atoms with Crippen LogP contribution in [0.25, 0.3) is 0 Å². The predicted molar refractivity (Wildman–Crippen MR) is 83.1 cm³/mol. The molecular weight excluding hydrogens is 285 g/mol. The van der Waals surface area contributed by atoms with Crippen LogP contribution in [-0.4, -0.2) is 43.6 Å². The van der Waals surface area contributed by atoms with E-state index in [0.717, 1.165) is 26.1 Å². The molecule has 5 nitrogen and oxygen atoms in total. The number of rotatable bonds is 7. The third-order valence-corrected chi connectivity index (χ3v) is 3.33. The first-order valence-corrected chi connectivity index (χ1v) is 6.97. The van der Waals surface area contributed by atoms with Gasteiger partial charge in [0.15, 0.2) is 5.82 Å². The van der Waals surface area contributed by atoms with Crippen molar-refractivity contribution in [3.05, 3.63) is 16.1 Å². The second kappa shape index (κ2) is 7.75. The summed E-state index contributed by atoms with van der Waals surface area (Å²) in [5.41, 5.74) is 2.48. The Bertz CT molecular complexity index is 411. The number of aromatic nitrogens is 1. The molecule has 1 rings (SSSR count). The summed E-state index contributed by atoms with van der Waals surface area (Å²) in [6.45, 7) is 4.79. The van der Waals surface area contributed by atoms with Gasteiger partial charge >= 0.3 is 0 Å². The van der Waals surface area contributed by atoms with Crippen molar-refractivity contribution in [2.24, 2.45) is 5.84 Å². The molecule has 3 N–H and O–H groups in total. The Balaban J connectivity index is 2.85. The highest BCUT2D eigenvalue weighted by atomic mass is 35.5. The number of hydrogen-bond acceptors (Lipinski definition) is 5. The third-order valence-electron chi connectivity index (χ3n) is 2.76. The zero-order chi connectivity index (χ0) is 14.4. The Hall–Kier alpha value is -0.750. The van der Waals surface area contributed by atoms with E-state index in [1.54, 1.807) is 6.07 Å². The molecule has 0 saturated carbocycles. The van der Waals surface area contributed by atoms with Gasteiger partial charge in [-0.3, -0.25) is 0 Å². The number of hydrazine groups is 1. The first-order valence-electron chi connectivity index (χ1n) is 6.22. The topological polar surface area (TPSA) is 57.4 Å². The minimum atomic E-state index is 0.417. The van der Waals surface area contributed by atoms with E-state index >= 15 is 0 Å². The Morgan fingerprint density at radius 2 is 1.95 bits per heavy atom. The lowest BCUT2D eigenvalue weighted by Crippen LogP contribution is -2.28. The molecule has 1 heterocycles. The fraction of sp³-hybridized carbons (Fsp3) is 0.583. The van der Waals surface area contributed by atoms with E-state index in [9.17, 15) is 0 Å². The molecule has 19 heavy (non-hydrogen) atoms. The van der Waals surface area contributed by atoms with E-state index in [1.165, 1.54) is 0 Å². The lowest BCUT2D eigenvalue weighted by atomic mass is 10.3. The second-order valence-electron chi connectivity index (χ2n) is 4.51. The van der Waals surface area contributed by atoms with Gasteiger partial charge in [0.25, 0.3) is 0 Å². The quantitative estimate of drug-likeness (QED) is 0.598. The first kappa shape index (κ1) is 16.3. The van der Waals surface area contributed by atoms with Crippen molar-refractivity contribution < 1.29 is 0 Å². The average Bonchev–Trinajstić information content (AvgIpc) is 2.35. The van der Waals surface area contributed by atoms with Crippen molar-refractivity contribution in [1.82, 2.24) is 9.88 Å². The summed E-state index contributed by atoms with van der Waals surface area (Å²) in [5.74, 6) is 6.53. The number of nitrogens with two attached hydrogens (primary N) is 1. The summed E-state index contributed by atoms with van der Waals surface area (Å²) in [6.07, 6.45) is 1.03. The molecule has 0 aliphatic carbocycles. The molecule has 0 aromatic carbocycles. The van der Waals surface area contributed by atoms with Crippen molar-refractivity contribution in [2.45, 2.75) is 13.3 Å². The Morgan fingerprint density at radius 1 is 1.26 bits per heavy atom. The molecule has 0 aliphatic rings. The number of nitrogens with one attached hydrogen (secondary N) is 1. The smallest absolute Gasteiger partial charge is 0.161 e. The summed E-state index contributed by atoms with van der Waals surface area (Å²) in [5, 5.41) is 0.955. The highest BCUT2D eigenvalue weighted by Crippen LogP contribution is 2.31. The number of nitrogen functional groups attached to an aromatic ring is 1. The molecule has 0 atom stereocenters. The van der Waals surface area contributed by atoms with Gasteiger partial charge in [-0.15, -0.1) is 0 Å². The monoisotopic (exact) mass is 305 g/mol. The van der Waals surface area contributed by atoms with E-state index in [1.807, 2.05) is 0 Å². The van der Waals surface area contributed by atoms with E-state index in [2.05, 4.69) is 41.2 Å². The Morgan fingerprint density at radius 3 is 2.47 bits per heavy atom. The molecule has 0 saturated heterocycles. The fourth-order valence-corrected chi connectivity index (χ4v) is 2.30. The highest BCUT2D eigenvalue weighted by Gasteiger charge is 2.14. The fourth-order valence-electron chi connectivity index (χ4n) is 1.77. The Kier molecular flexibility index (Phi) is 6.65. The van der Waals surface area contributed by atoms with Gasteiger partial charge in [-0.1, -0.05) is 23.2 Å². The van der Waals surface area contributed by atoms with Gasteiger partial charge < -0.3 is 15.2 Å². The zero-order valence-corrected chi connectivity index (χ0v) is 13.1. The first-order chi connectivity index (χ1) is 8.99. The minimum absolute atomic E-state index is 0.417. The maximum Gasteiger partial charge on any atom is 0.161 e. The van der Waals surface area contributed by atoms with Crippen molar-refractivity contribution in [3.63, 3.8) is 0 Å². The molecule has 0 spiro atoms. The molecule has 0 unspecified atom stereocenters. The van der Waals surface area contributed by atoms with E-state index < -0.39 is 0 Å².